The van der Waals surface area contributed by atoms with E-state index in [2.05, 4.69) is 109 Å². The Morgan fingerprint density at radius 3 is 2.43 bits per heavy atom. The highest BCUT2D eigenvalue weighted by molar-refractivity contribution is 6.21. The van der Waals surface area contributed by atoms with Gasteiger partial charge in [-0.2, -0.15) is 0 Å². The van der Waals surface area contributed by atoms with Gasteiger partial charge >= 0.3 is 0 Å². The van der Waals surface area contributed by atoms with Gasteiger partial charge in [-0.3, -0.25) is 5.84 Å². The summed E-state index contributed by atoms with van der Waals surface area (Å²) in [6.45, 7) is 3.78. The maximum Gasteiger partial charge on any atom is 0.160 e. The highest BCUT2D eigenvalue weighted by atomic mass is 16.3. The summed E-state index contributed by atoms with van der Waals surface area (Å²) in [6.07, 6.45) is 7.60. The van der Waals surface area contributed by atoms with E-state index in [9.17, 15) is 0 Å². The number of furan rings is 1. The second-order valence-electron chi connectivity index (χ2n) is 10.5. The van der Waals surface area contributed by atoms with Crippen LogP contribution in [0.1, 0.15) is 18.9 Å². The van der Waals surface area contributed by atoms with E-state index in [0.717, 1.165) is 47.0 Å². The van der Waals surface area contributed by atoms with Crippen molar-refractivity contribution in [1.82, 2.24) is 9.58 Å². The molecular formula is C33H29N3O. The van der Waals surface area contributed by atoms with Crippen LogP contribution >= 0.6 is 0 Å². The fourth-order valence-corrected chi connectivity index (χ4v) is 6.05. The van der Waals surface area contributed by atoms with E-state index in [0.29, 0.717) is 0 Å². The number of hydrogen-bond donors (Lipinski definition) is 1. The van der Waals surface area contributed by atoms with E-state index in [1.807, 2.05) is 17.1 Å². The number of para-hydroxylation sites is 2. The van der Waals surface area contributed by atoms with E-state index >= 15 is 0 Å². The van der Waals surface area contributed by atoms with Crippen molar-refractivity contribution in [2.45, 2.75) is 19.9 Å². The Kier molecular flexibility index (Phi) is 5.07. The number of fused-ring (bicyclic) bond motifs is 7. The summed E-state index contributed by atoms with van der Waals surface area (Å²) in [6, 6.07) is 31.8. The molecule has 182 valence electrons. The number of benzene rings is 4. The van der Waals surface area contributed by atoms with Gasteiger partial charge in [0.2, 0.25) is 0 Å². The summed E-state index contributed by atoms with van der Waals surface area (Å²) in [5.41, 5.74) is 6.56. The average Bonchev–Trinajstić information content (AvgIpc) is 3.45. The number of aromatic nitrogens is 1. The van der Waals surface area contributed by atoms with Crippen molar-refractivity contribution in [1.29, 1.82) is 0 Å². The normalized spacial score (nSPS) is 18.0. The van der Waals surface area contributed by atoms with Gasteiger partial charge in [0.1, 0.15) is 5.58 Å². The van der Waals surface area contributed by atoms with E-state index in [1.54, 1.807) is 0 Å². The van der Waals surface area contributed by atoms with Crippen LogP contribution in [0.2, 0.25) is 0 Å². The van der Waals surface area contributed by atoms with Gasteiger partial charge in [0.15, 0.2) is 5.58 Å². The second-order valence-corrected chi connectivity index (χ2v) is 10.5. The highest BCUT2D eigenvalue weighted by Gasteiger charge is 2.29. The van der Waals surface area contributed by atoms with Crippen molar-refractivity contribution < 1.29 is 4.42 Å². The third kappa shape index (κ3) is 3.69. The van der Waals surface area contributed by atoms with Crippen LogP contribution in [0.3, 0.4) is 0 Å². The SMILES string of the molecule is CC1(CN(N)Cc2ccccc2)C=CC=C(n2c3ccccc3c3ccc4c5ccccc5oc4c32)C1. The number of allylic oxidation sites excluding steroid dienone is 3. The zero-order valence-corrected chi connectivity index (χ0v) is 20.9. The summed E-state index contributed by atoms with van der Waals surface area (Å²) in [5, 5.41) is 6.69. The lowest BCUT2D eigenvalue weighted by molar-refractivity contribution is 0.195. The Balaban J connectivity index is 1.34. The minimum Gasteiger partial charge on any atom is -0.454 e. The van der Waals surface area contributed by atoms with Gasteiger partial charge in [-0.05, 0) is 36.3 Å². The fraction of sp³-hybridized carbons (Fsp3) is 0.152. The molecule has 4 aromatic carbocycles. The molecule has 0 fully saturated rings. The summed E-state index contributed by atoms with van der Waals surface area (Å²) >= 11 is 0. The molecule has 1 aliphatic rings. The van der Waals surface area contributed by atoms with Gasteiger partial charge < -0.3 is 8.98 Å². The first-order valence-corrected chi connectivity index (χ1v) is 12.9. The first-order chi connectivity index (χ1) is 18.1. The van der Waals surface area contributed by atoms with Crippen LogP contribution < -0.4 is 5.84 Å². The zero-order chi connectivity index (χ0) is 25.0. The molecule has 0 aliphatic heterocycles. The predicted octanol–water partition coefficient (Wildman–Crippen LogP) is 7.88. The summed E-state index contributed by atoms with van der Waals surface area (Å²) < 4.78 is 8.93. The quantitative estimate of drug-likeness (QED) is 0.200. The molecule has 1 atom stereocenters. The highest BCUT2D eigenvalue weighted by Crippen LogP contribution is 2.43. The Hall–Kier alpha value is -4.12. The molecule has 0 radical (unpaired) electrons. The Morgan fingerprint density at radius 1 is 0.838 bits per heavy atom. The Morgan fingerprint density at radius 2 is 1.57 bits per heavy atom. The van der Waals surface area contributed by atoms with Crippen molar-refractivity contribution in [3.05, 3.63) is 115 Å². The minimum absolute atomic E-state index is 0.104. The smallest absolute Gasteiger partial charge is 0.160 e. The van der Waals surface area contributed by atoms with E-state index in [-0.39, 0.29) is 5.41 Å². The molecule has 2 N–H and O–H groups in total. The zero-order valence-electron chi connectivity index (χ0n) is 20.9. The fourth-order valence-electron chi connectivity index (χ4n) is 6.05. The number of rotatable bonds is 5. The van der Waals surface area contributed by atoms with E-state index in [4.69, 9.17) is 10.3 Å². The third-order valence-electron chi connectivity index (χ3n) is 7.63. The van der Waals surface area contributed by atoms with Crippen molar-refractivity contribution in [2.75, 3.05) is 6.54 Å². The summed E-state index contributed by atoms with van der Waals surface area (Å²) in [7, 11) is 0. The van der Waals surface area contributed by atoms with E-state index in [1.165, 1.54) is 27.5 Å². The summed E-state index contributed by atoms with van der Waals surface area (Å²) in [4.78, 5) is 0. The van der Waals surface area contributed by atoms with Crippen LogP contribution in [0.5, 0.6) is 0 Å². The second kappa shape index (κ2) is 8.48. The molecule has 4 heteroatoms. The van der Waals surface area contributed by atoms with Crippen molar-refractivity contribution >= 4 is 49.4 Å². The minimum atomic E-state index is -0.104. The molecule has 37 heavy (non-hydrogen) atoms. The van der Waals surface area contributed by atoms with E-state index < -0.39 is 0 Å². The molecule has 0 spiro atoms. The van der Waals surface area contributed by atoms with Crippen LogP contribution in [-0.4, -0.2) is 16.1 Å². The number of nitrogens with zero attached hydrogens (tertiary/aromatic N) is 2. The van der Waals surface area contributed by atoms with Crippen LogP contribution in [0.25, 0.3) is 49.4 Å². The Labute approximate surface area is 215 Å². The molecule has 0 amide bonds. The molecule has 4 nitrogen and oxygen atoms in total. The van der Waals surface area contributed by atoms with Crippen molar-refractivity contribution in [3.63, 3.8) is 0 Å². The molecule has 0 bridgehead atoms. The molecule has 0 saturated heterocycles. The third-order valence-corrected chi connectivity index (χ3v) is 7.63. The van der Waals surface area contributed by atoms with Crippen LogP contribution in [-0.2, 0) is 6.54 Å². The van der Waals surface area contributed by atoms with Gasteiger partial charge in [0, 0.05) is 45.7 Å². The standard InChI is InChI=1S/C33H29N3O/c1-33(22-35(34)21-23-10-3-2-4-11-23)19-9-12-24(20-33)36-29-15-7-5-13-25(29)27-17-18-28-26-14-6-8-16-30(26)37-32(28)31(27)36/h2-19H,20-22,34H2,1H3. The molecule has 1 unspecified atom stereocenters. The summed E-state index contributed by atoms with van der Waals surface area (Å²) in [5.74, 6) is 6.54. The molecule has 6 aromatic rings. The van der Waals surface area contributed by atoms with Gasteiger partial charge in [-0.1, -0.05) is 91.9 Å². The van der Waals surface area contributed by atoms with Crippen LogP contribution in [0.15, 0.2) is 114 Å². The lowest BCUT2D eigenvalue weighted by atomic mass is 9.81. The van der Waals surface area contributed by atoms with Crippen LogP contribution in [0.4, 0.5) is 0 Å². The van der Waals surface area contributed by atoms with Gasteiger partial charge in [0.25, 0.3) is 0 Å². The van der Waals surface area contributed by atoms with Crippen molar-refractivity contribution in [3.8, 4) is 0 Å². The Bertz CT molecular complexity index is 1840. The molecule has 2 heterocycles. The van der Waals surface area contributed by atoms with Gasteiger partial charge in [-0.25, -0.2) is 5.01 Å². The lowest BCUT2D eigenvalue weighted by Gasteiger charge is -2.34. The van der Waals surface area contributed by atoms with Gasteiger partial charge in [0.05, 0.1) is 11.0 Å². The number of hydrogen-bond acceptors (Lipinski definition) is 3. The van der Waals surface area contributed by atoms with Crippen LogP contribution in [0, 0.1) is 5.41 Å². The molecule has 1 aliphatic carbocycles. The largest absolute Gasteiger partial charge is 0.454 e. The van der Waals surface area contributed by atoms with Crippen molar-refractivity contribution in [2.24, 2.45) is 11.3 Å². The molecule has 7 rings (SSSR count). The first kappa shape index (κ1) is 22.1. The van der Waals surface area contributed by atoms with Gasteiger partial charge in [-0.15, -0.1) is 0 Å². The molecule has 0 saturated carbocycles. The topological polar surface area (TPSA) is 47.3 Å². The number of nitrogens with two attached hydrogens (primary N) is 1. The molecular weight excluding hydrogens is 454 g/mol. The maximum absolute atomic E-state index is 6.54. The first-order valence-electron chi connectivity index (χ1n) is 12.9. The number of hydrazine groups is 1. The monoisotopic (exact) mass is 483 g/mol. The molecule has 2 aromatic heterocycles. The predicted molar refractivity (Wildman–Crippen MR) is 154 cm³/mol. The average molecular weight is 484 g/mol. The maximum atomic E-state index is 6.54. The lowest BCUT2D eigenvalue weighted by Crippen LogP contribution is -2.40.